The highest BCUT2D eigenvalue weighted by molar-refractivity contribution is 5.75. The molecule has 2 aliphatic carbocycles. The zero-order valence-corrected chi connectivity index (χ0v) is 12.6. The zero-order chi connectivity index (χ0) is 13.7. The molecule has 0 radical (unpaired) electrons. The van der Waals surface area contributed by atoms with Crippen LogP contribution in [0.25, 0.3) is 0 Å². The van der Waals surface area contributed by atoms with Crippen molar-refractivity contribution in [1.29, 1.82) is 0 Å². The number of rotatable bonds is 9. The van der Waals surface area contributed by atoms with Crippen molar-refractivity contribution in [3.63, 3.8) is 0 Å². The van der Waals surface area contributed by atoms with E-state index in [0.717, 1.165) is 37.3 Å². The first kappa shape index (κ1) is 14.6. The van der Waals surface area contributed by atoms with Crippen LogP contribution in [0.5, 0.6) is 0 Å². The maximum Gasteiger partial charge on any atom is 0.222 e. The van der Waals surface area contributed by atoms with Crippen LogP contribution in [0.15, 0.2) is 12.2 Å². The molecule has 0 aliphatic heterocycles. The molecule has 2 aliphatic rings. The lowest BCUT2D eigenvalue weighted by atomic mass is 10.1. The van der Waals surface area contributed by atoms with Crippen LogP contribution in [0, 0.1) is 17.8 Å². The van der Waals surface area contributed by atoms with E-state index in [2.05, 4.69) is 24.0 Å². The van der Waals surface area contributed by atoms with E-state index in [0.29, 0.717) is 12.3 Å². The number of carbonyl (C=O) groups is 1. The Hall–Kier alpha value is -0.790. The topological polar surface area (TPSA) is 20.3 Å². The molecule has 2 heteroatoms. The SMILES string of the molecule is CC/C=C\CCC1CC1CN(CC1CC1)C(=O)CC. The van der Waals surface area contributed by atoms with Gasteiger partial charge in [-0.3, -0.25) is 4.79 Å². The van der Waals surface area contributed by atoms with Crippen molar-refractivity contribution in [2.75, 3.05) is 13.1 Å². The van der Waals surface area contributed by atoms with Crippen molar-refractivity contribution >= 4 is 5.91 Å². The average Bonchev–Trinajstić information content (AvgIpc) is 3.31. The molecule has 0 saturated heterocycles. The predicted molar refractivity (Wildman–Crippen MR) is 79.9 cm³/mol. The Labute approximate surface area is 118 Å². The van der Waals surface area contributed by atoms with Crippen LogP contribution in [0.4, 0.5) is 0 Å². The lowest BCUT2D eigenvalue weighted by Crippen LogP contribution is -2.34. The molecule has 0 N–H and O–H groups in total. The molecule has 2 nitrogen and oxygen atoms in total. The Morgan fingerprint density at radius 1 is 1.16 bits per heavy atom. The minimum atomic E-state index is 0.364. The van der Waals surface area contributed by atoms with Gasteiger partial charge in [-0.2, -0.15) is 0 Å². The van der Waals surface area contributed by atoms with E-state index >= 15 is 0 Å². The summed E-state index contributed by atoms with van der Waals surface area (Å²) >= 11 is 0. The van der Waals surface area contributed by atoms with Gasteiger partial charge in [-0.05, 0) is 56.3 Å². The van der Waals surface area contributed by atoms with Crippen molar-refractivity contribution in [1.82, 2.24) is 4.90 Å². The monoisotopic (exact) mass is 263 g/mol. The number of hydrogen-bond acceptors (Lipinski definition) is 1. The van der Waals surface area contributed by atoms with E-state index < -0.39 is 0 Å². The molecular weight excluding hydrogens is 234 g/mol. The molecule has 2 atom stereocenters. The van der Waals surface area contributed by atoms with Crippen molar-refractivity contribution in [3.8, 4) is 0 Å². The fourth-order valence-corrected chi connectivity index (χ4v) is 2.88. The quantitative estimate of drug-likeness (QED) is 0.575. The summed E-state index contributed by atoms with van der Waals surface area (Å²) in [4.78, 5) is 14.1. The summed E-state index contributed by atoms with van der Waals surface area (Å²) in [5.41, 5.74) is 0. The van der Waals surface area contributed by atoms with E-state index in [-0.39, 0.29) is 0 Å². The van der Waals surface area contributed by atoms with Gasteiger partial charge < -0.3 is 4.90 Å². The summed E-state index contributed by atoms with van der Waals surface area (Å²) in [6.45, 7) is 6.24. The van der Waals surface area contributed by atoms with Crippen molar-refractivity contribution in [3.05, 3.63) is 12.2 Å². The highest BCUT2D eigenvalue weighted by Crippen LogP contribution is 2.43. The largest absolute Gasteiger partial charge is 0.342 e. The second kappa shape index (κ2) is 7.12. The summed E-state index contributed by atoms with van der Waals surface area (Å²) in [6.07, 6.45) is 13.0. The maximum absolute atomic E-state index is 12.0. The first-order valence-corrected chi connectivity index (χ1v) is 8.17. The minimum absolute atomic E-state index is 0.364. The van der Waals surface area contributed by atoms with E-state index in [9.17, 15) is 4.79 Å². The summed E-state index contributed by atoms with van der Waals surface area (Å²) in [6, 6.07) is 0. The third-order valence-electron chi connectivity index (χ3n) is 4.46. The molecule has 108 valence electrons. The van der Waals surface area contributed by atoms with Gasteiger partial charge >= 0.3 is 0 Å². The lowest BCUT2D eigenvalue weighted by Gasteiger charge is -2.22. The predicted octanol–water partition coefficient (Wildman–Crippen LogP) is 4.02. The summed E-state index contributed by atoms with van der Waals surface area (Å²) in [7, 11) is 0. The van der Waals surface area contributed by atoms with Gasteiger partial charge in [-0.15, -0.1) is 0 Å². The summed E-state index contributed by atoms with van der Waals surface area (Å²) in [5.74, 6) is 2.86. The van der Waals surface area contributed by atoms with Crippen LogP contribution in [-0.2, 0) is 4.79 Å². The normalized spacial score (nSPS) is 25.8. The molecule has 2 fully saturated rings. The van der Waals surface area contributed by atoms with E-state index in [1.807, 2.05) is 6.92 Å². The summed E-state index contributed by atoms with van der Waals surface area (Å²) in [5, 5.41) is 0. The standard InChI is InChI=1S/C17H29NO/c1-3-5-6-7-8-15-11-16(15)13-18(17(19)4-2)12-14-9-10-14/h5-6,14-16H,3-4,7-13H2,1-2H3/b6-5-. The van der Waals surface area contributed by atoms with E-state index in [1.54, 1.807) is 0 Å². The molecule has 2 unspecified atom stereocenters. The Balaban J connectivity index is 1.67. The van der Waals surface area contributed by atoms with Crippen LogP contribution in [0.1, 0.15) is 58.8 Å². The Kier molecular flexibility index (Phi) is 5.47. The number of amides is 1. The first-order valence-electron chi connectivity index (χ1n) is 8.17. The number of carbonyl (C=O) groups excluding carboxylic acids is 1. The number of hydrogen-bond donors (Lipinski definition) is 0. The molecule has 2 rings (SSSR count). The fourth-order valence-electron chi connectivity index (χ4n) is 2.88. The molecule has 0 spiro atoms. The van der Waals surface area contributed by atoms with Gasteiger partial charge in [0.25, 0.3) is 0 Å². The van der Waals surface area contributed by atoms with Crippen LogP contribution in [0.3, 0.4) is 0 Å². The fraction of sp³-hybridized carbons (Fsp3) is 0.824. The molecule has 19 heavy (non-hydrogen) atoms. The highest BCUT2D eigenvalue weighted by Gasteiger charge is 2.38. The van der Waals surface area contributed by atoms with Gasteiger partial charge in [0.2, 0.25) is 5.91 Å². The smallest absolute Gasteiger partial charge is 0.222 e. The van der Waals surface area contributed by atoms with E-state index in [1.165, 1.54) is 32.1 Å². The summed E-state index contributed by atoms with van der Waals surface area (Å²) < 4.78 is 0. The van der Waals surface area contributed by atoms with Gasteiger partial charge in [0.05, 0.1) is 0 Å². The third kappa shape index (κ3) is 5.00. The van der Waals surface area contributed by atoms with Crippen molar-refractivity contribution < 1.29 is 4.79 Å². The molecule has 0 aromatic rings. The van der Waals surface area contributed by atoms with Gasteiger partial charge in [-0.1, -0.05) is 26.0 Å². The number of nitrogens with zero attached hydrogens (tertiary/aromatic N) is 1. The Bertz CT molecular complexity index is 319. The molecular formula is C17H29NO. The van der Waals surface area contributed by atoms with Gasteiger partial charge in [0, 0.05) is 19.5 Å². The molecule has 0 bridgehead atoms. The molecule has 0 aromatic carbocycles. The second-order valence-electron chi connectivity index (χ2n) is 6.31. The van der Waals surface area contributed by atoms with Crippen molar-refractivity contribution in [2.24, 2.45) is 17.8 Å². The molecule has 0 heterocycles. The van der Waals surface area contributed by atoms with Gasteiger partial charge in [-0.25, -0.2) is 0 Å². The Morgan fingerprint density at radius 2 is 1.95 bits per heavy atom. The molecule has 2 saturated carbocycles. The zero-order valence-electron chi connectivity index (χ0n) is 12.6. The minimum Gasteiger partial charge on any atom is -0.342 e. The first-order chi connectivity index (χ1) is 9.24. The van der Waals surface area contributed by atoms with Crippen LogP contribution in [0.2, 0.25) is 0 Å². The van der Waals surface area contributed by atoms with Crippen LogP contribution in [-0.4, -0.2) is 23.9 Å². The average molecular weight is 263 g/mol. The third-order valence-corrected chi connectivity index (χ3v) is 4.46. The maximum atomic E-state index is 12.0. The van der Waals surface area contributed by atoms with Gasteiger partial charge in [0.15, 0.2) is 0 Å². The number of allylic oxidation sites excluding steroid dienone is 2. The van der Waals surface area contributed by atoms with Crippen LogP contribution >= 0.6 is 0 Å². The van der Waals surface area contributed by atoms with Crippen molar-refractivity contribution in [2.45, 2.75) is 58.8 Å². The molecule has 1 amide bonds. The van der Waals surface area contributed by atoms with E-state index in [4.69, 9.17) is 0 Å². The Morgan fingerprint density at radius 3 is 2.58 bits per heavy atom. The highest BCUT2D eigenvalue weighted by atomic mass is 16.2. The second-order valence-corrected chi connectivity index (χ2v) is 6.31. The van der Waals surface area contributed by atoms with Crippen LogP contribution < -0.4 is 0 Å². The molecule has 0 aromatic heterocycles. The van der Waals surface area contributed by atoms with Gasteiger partial charge in [0.1, 0.15) is 0 Å². The lowest BCUT2D eigenvalue weighted by molar-refractivity contribution is -0.131.